The van der Waals surface area contributed by atoms with Crippen LogP contribution < -0.4 is 0 Å². The molecule has 0 N–H and O–H groups in total. The molecule has 0 unspecified atom stereocenters. The second kappa shape index (κ2) is 9.62. The molecule has 0 bridgehead atoms. The fourth-order valence-electron chi connectivity index (χ4n) is 2.12. The van der Waals surface area contributed by atoms with E-state index in [0.29, 0.717) is 0 Å². The Morgan fingerprint density at radius 1 is 0.962 bits per heavy atom. The molecule has 0 saturated carbocycles. The molecule has 0 atom stereocenters. The van der Waals surface area contributed by atoms with Gasteiger partial charge in [0.1, 0.15) is 0 Å². The smallest absolute Gasteiger partial charge is 0.365 e. The molecule has 0 amide bonds. The van der Waals surface area contributed by atoms with E-state index < -0.39 is 29.5 Å². The van der Waals surface area contributed by atoms with Crippen LogP contribution in [0.15, 0.2) is 65.8 Å². The van der Waals surface area contributed by atoms with Crippen molar-refractivity contribution in [3.63, 3.8) is 0 Å². The number of carbonyl (C=O) groups is 3. The summed E-state index contributed by atoms with van der Waals surface area (Å²) in [4.78, 5) is 39.9. The van der Waals surface area contributed by atoms with Crippen molar-refractivity contribution in [1.82, 2.24) is 0 Å². The minimum Gasteiger partial charge on any atom is -0.448 e. The van der Waals surface area contributed by atoms with Gasteiger partial charge in [-0.2, -0.15) is 0 Å². The van der Waals surface area contributed by atoms with Crippen LogP contribution in [-0.4, -0.2) is 28.8 Å². The SMILES string of the molecule is CC(=O)ON=C(C(=O)CBr)C(=O)OC(c1ccccc1)c1ccccc1. The van der Waals surface area contributed by atoms with Gasteiger partial charge >= 0.3 is 11.9 Å². The molecule has 7 heteroatoms. The third-order valence-corrected chi connectivity index (χ3v) is 3.78. The number of alkyl halides is 1. The van der Waals surface area contributed by atoms with Crippen molar-refractivity contribution in [2.24, 2.45) is 5.16 Å². The number of rotatable bonds is 7. The molecule has 2 aromatic carbocycles. The molecule has 6 nitrogen and oxygen atoms in total. The van der Waals surface area contributed by atoms with Gasteiger partial charge < -0.3 is 9.57 Å². The van der Waals surface area contributed by atoms with Crippen molar-refractivity contribution in [3.8, 4) is 0 Å². The van der Waals surface area contributed by atoms with Crippen LogP contribution >= 0.6 is 15.9 Å². The number of hydrogen-bond acceptors (Lipinski definition) is 6. The molecule has 0 aliphatic rings. The zero-order valence-electron chi connectivity index (χ0n) is 13.9. The number of halogens is 1. The lowest BCUT2D eigenvalue weighted by molar-refractivity contribution is -0.142. The van der Waals surface area contributed by atoms with Crippen molar-refractivity contribution >= 4 is 39.4 Å². The molecular formula is C19H16BrNO5. The summed E-state index contributed by atoms with van der Waals surface area (Å²) < 4.78 is 5.54. The van der Waals surface area contributed by atoms with E-state index in [9.17, 15) is 14.4 Å². The Morgan fingerprint density at radius 2 is 1.46 bits per heavy atom. The van der Waals surface area contributed by atoms with Gasteiger partial charge in [-0.05, 0) is 11.1 Å². The van der Waals surface area contributed by atoms with Crippen LogP contribution in [0, 0.1) is 0 Å². The molecule has 2 rings (SSSR count). The van der Waals surface area contributed by atoms with Crippen LogP contribution in [-0.2, 0) is 24.0 Å². The topological polar surface area (TPSA) is 82.0 Å². The minimum absolute atomic E-state index is 0.163. The van der Waals surface area contributed by atoms with Crippen LogP contribution in [0.5, 0.6) is 0 Å². The van der Waals surface area contributed by atoms with Crippen molar-refractivity contribution in [2.45, 2.75) is 13.0 Å². The van der Waals surface area contributed by atoms with E-state index in [-0.39, 0.29) is 5.33 Å². The highest BCUT2D eigenvalue weighted by Crippen LogP contribution is 2.26. The molecule has 0 aliphatic heterocycles. The summed E-state index contributed by atoms with van der Waals surface area (Å²) >= 11 is 2.97. The zero-order valence-corrected chi connectivity index (χ0v) is 15.5. The standard InChI is InChI=1S/C19H16BrNO5/c1-13(22)26-21-17(16(23)12-20)19(24)25-18(14-8-4-2-5-9-14)15-10-6-3-7-11-15/h2-11,18H,12H2,1H3. The highest BCUT2D eigenvalue weighted by molar-refractivity contribution is 9.09. The normalized spacial score (nSPS) is 11.1. The predicted octanol–water partition coefficient (Wildman–Crippen LogP) is 3.20. The fraction of sp³-hybridized carbons (Fsp3) is 0.158. The molecule has 0 spiro atoms. The number of esters is 1. The molecule has 134 valence electrons. The molecule has 0 aliphatic carbocycles. The maximum Gasteiger partial charge on any atom is 0.365 e. The van der Waals surface area contributed by atoms with Gasteiger partial charge in [0, 0.05) is 6.92 Å². The van der Waals surface area contributed by atoms with Crippen molar-refractivity contribution in [3.05, 3.63) is 71.8 Å². The largest absolute Gasteiger partial charge is 0.448 e. The highest BCUT2D eigenvalue weighted by atomic mass is 79.9. The van der Waals surface area contributed by atoms with E-state index in [2.05, 4.69) is 25.9 Å². The Hall–Kier alpha value is -2.80. The maximum absolute atomic E-state index is 12.5. The molecule has 26 heavy (non-hydrogen) atoms. The first kappa shape index (κ1) is 19.5. The van der Waals surface area contributed by atoms with Gasteiger partial charge in [-0.3, -0.25) is 4.79 Å². The fourth-order valence-corrected chi connectivity index (χ4v) is 2.39. The molecular weight excluding hydrogens is 402 g/mol. The van der Waals surface area contributed by atoms with Crippen LogP contribution in [0.2, 0.25) is 0 Å². The predicted molar refractivity (Wildman–Crippen MR) is 98.8 cm³/mol. The number of hydrogen-bond donors (Lipinski definition) is 0. The number of ketones is 1. The summed E-state index contributed by atoms with van der Waals surface area (Å²) in [7, 11) is 0. The molecule has 0 radical (unpaired) electrons. The molecule has 0 fully saturated rings. The van der Waals surface area contributed by atoms with Gasteiger partial charge in [-0.25, -0.2) is 9.59 Å². The lowest BCUT2D eigenvalue weighted by Gasteiger charge is -2.19. The van der Waals surface area contributed by atoms with E-state index in [1.165, 1.54) is 0 Å². The third kappa shape index (κ3) is 5.35. The summed E-state index contributed by atoms with van der Waals surface area (Å²) in [5, 5.41) is 3.18. The Kier molecular flexibility index (Phi) is 7.23. The second-order valence-corrected chi connectivity index (χ2v) is 5.75. The third-order valence-electron chi connectivity index (χ3n) is 3.27. The van der Waals surface area contributed by atoms with E-state index >= 15 is 0 Å². The Labute approximate surface area is 158 Å². The lowest BCUT2D eigenvalue weighted by atomic mass is 10.0. The van der Waals surface area contributed by atoms with Gasteiger partial charge in [0.2, 0.25) is 11.5 Å². The first-order valence-electron chi connectivity index (χ1n) is 7.68. The quantitative estimate of drug-likeness (QED) is 0.172. The minimum atomic E-state index is -0.978. The molecule has 0 heterocycles. The number of carbonyl (C=O) groups excluding carboxylic acids is 3. The Morgan fingerprint density at radius 3 is 1.88 bits per heavy atom. The summed E-state index contributed by atoms with van der Waals surface area (Å²) in [6, 6.07) is 18.2. The zero-order chi connectivity index (χ0) is 18.9. The first-order valence-corrected chi connectivity index (χ1v) is 8.80. The van der Waals surface area contributed by atoms with E-state index in [0.717, 1.165) is 18.1 Å². The maximum atomic E-state index is 12.5. The molecule has 0 aromatic heterocycles. The monoisotopic (exact) mass is 417 g/mol. The second-order valence-electron chi connectivity index (χ2n) is 5.19. The van der Waals surface area contributed by atoms with Crippen LogP contribution in [0.1, 0.15) is 24.2 Å². The van der Waals surface area contributed by atoms with Gasteiger partial charge in [-0.15, -0.1) is 0 Å². The number of nitrogens with zero attached hydrogens (tertiary/aromatic N) is 1. The van der Waals surface area contributed by atoms with E-state index in [1.54, 1.807) is 24.3 Å². The Balaban J connectivity index is 2.34. The van der Waals surface area contributed by atoms with Crippen LogP contribution in [0.3, 0.4) is 0 Å². The Bertz CT molecular complexity index is 766. The van der Waals surface area contributed by atoms with Crippen molar-refractivity contribution in [2.75, 3.05) is 5.33 Å². The summed E-state index contributed by atoms with van der Waals surface area (Å²) in [5.41, 5.74) is 0.865. The van der Waals surface area contributed by atoms with Crippen molar-refractivity contribution < 1.29 is 24.0 Å². The van der Waals surface area contributed by atoms with Gasteiger partial charge in [0.25, 0.3) is 0 Å². The van der Waals surface area contributed by atoms with E-state index in [4.69, 9.17) is 4.74 Å². The average Bonchev–Trinajstić information content (AvgIpc) is 2.67. The van der Waals surface area contributed by atoms with E-state index in [1.807, 2.05) is 36.4 Å². The highest BCUT2D eigenvalue weighted by Gasteiger charge is 2.27. The van der Waals surface area contributed by atoms with Gasteiger partial charge in [0.05, 0.1) is 5.33 Å². The average molecular weight is 418 g/mol. The summed E-state index contributed by atoms with van der Waals surface area (Å²) in [6.07, 6.45) is -0.740. The number of ether oxygens (including phenoxy) is 1. The number of Topliss-reactive ketones (excluding diaryl/α,β-unsaturated/α-hetero) is 1. The molecule has 2 aromatic rings. The summed E-state index contributed by atoms with van der Waals surface area (Å²) in [5.74, 6) is -2.38. The first-order chi connectivity index (χ1) is 12.5. The molecule has 0 saturated heterocycles. The van der Waals surface area contributed by atoms with Gasteiger partial charge in [0.15, 0.2) is 6.10 Å². The van der Waals surface area contributed by atoms with Crippen LogP contribution in [0.4, 0.5) is 0 Å². The van der Waals surface area contributed by atoms with Gasteiger partial charge in [-0.1, -0.05) is 81.7 Å². The van der Waals surface area contributed by atoms with Crippen molar-refractivity contribution in [1.29, 1.82) is 0 Å². The number of oxime groups is 1. The summed E-state index contributed by atoms with van der Waals surface area (Å²) in [6.45, 7) is 1.11. The van der Waals surface area contributed by atoms with Crippen LogP contribution in [0.25, 0.3) is 0 Å². The lowest BCUT2D eigenvalue weighted by Crippen LogP contribution is -2.29. The number of benzene rings is 2.